The molecule has 0 atom stereocenters. The van der Waals surface area contributed by atoms with Gasteiger partial charge in [-0.1, -0.05) is 6.92 Å². The predicted molar refractivity (Wildman–Crippen MR) is 103 cm³/mol. The summed E-state index contributed by atoms with van der Waals surface area (Å²) in [5.41, 5.74) is -0.00564. The van der Waals surface area contributed by atoms with Crippen molar-refractivity contribution in [3.63, 3.8) is 0 Å². The Kier molecular flexibility index (Phi) is 6.26. The molecule has 3 aromatic heterocycles. The van der Waals surface area contributed by atoms with Gasteiger partial charge in [0.15, 0.2) is 12.4 Å². The maximum Gasteiger partial charge on any atom is 0.456 e. The molecule has 7 nitrogen and oxygen atoms in total. The molecule has 0 amide bonds. The molecule has 0 aliphatic rings. The molecule has 0 bridgehead atoms. The number of aromatic nitrogens is 3. The first-order valence-corrected chi connectivity index (χ1v) is 10.8. The van der Waals surface area contributed by atoms with Gasteiger partial charge in [0, 0.05) is 23.4 Å². The van der Waals surface area contributed by atoms with Crippen LogP contribution in [-0.4, -0.2) is 48.0 Å². The molecule has 31 heavy (non-hydrogen) atoms. The van der Waals surface area contributed by atoms with Crippen LogP contribution in [0.4, 0.5) is 22.0 Å². The fourth-order valence-corrected chi connectivity index (χ4v) is 4.30. The molecule has 0 aromatic carbocycles. The third-order valence-electron chi connectivity index (χ3n) is 4.01. The van der Waals surface area contributed by atoms with E-state index in [4.69, 9.17) is 4.74 Å². The zero-order valence-corrected chi connectivity index (χ0v) is 18.0. The lowest BCUT2D eigenvalue weighted by molar-refractivity contribution is -0.289. The van der Waals surface area contributed by atoms with E-state index < -0.39 is 28.7 Å². The third kappa shape index (κ3) is 4.65. The Hall–Kier alpha value is -2.32. The summed E-state index contributed by atoms with van der Waals surface area (Å²) in [6.07, 6.45) is -1.85. The van der Waals surface area contributed by atoms with E-state index >= 15 is 0 Å². The summed E-state index contributed by atoms with van der Waals surface area (Å²) in [6.45, 7) is -0.219. The number of imidazole rings is 1. The normalized spacial score (nSPS) is 13.0. The lowest BCUT2D eigenvalue weighted by Crippen LogP contribution is -2.41. The van der Waals surface area contributed by atoms with E-state index in [1.807, 2.05) is 0 Å². The molecule has 168 valence electrons. The van der Waals surface area contributed by atoms with E-state index in [1.54, 1.807) is 6.92 Å². The van der Waals surface area contributed by atoms with Gasteiger partial charge >= 0.3 is 12.1 Å². The van der Waals surface area contributed by atoms with Crippen molar-refractivity contribution in [2.24, 2.45) is 0 Å². The van der Waals surface area contributed by atoms with Crippen molar-refractivity contribution in [1.82, 2.24) is 19.1 Å². The van der Waals surface area contributed by atoms with Gasteiger partial charge in [0.25, 0.3) is 0 Å². The van der Waals surface area contributed by atoms with Crippen LogP contribution in [0, 0.1) is 0 Å². The van der Waals surface area contributed by atoms with Gasteiger partial charge in [0.1, 0.15) is 21.9 Å². The Bertz CT molecular complexity index is 1210. The van der Waals surface area contributed by atoms with Gasteiger partial charge in [-0.15, -0.1) is 0 Å². The van der Waals surface area contributed by atoms with Crippen molar-refractivity contribution in [3.8, 4) is 17.3 Å². The quantitative estimate of drug-likeness (QED) is 0.468. The van der Waals surface area contributed by atoms with Crippen LogP contribution < -0.4 is 9.46 Å². The molecule has 0 fully saturated rings. The van der Waals surface area contributed by atoms with Crippen molar-refractivity contribution >= 4 is 31.5 Å². The summed E-state index contributed by atoms with van der Waals surface area (Å²) < 4.78 is 97.6. The monoisotopic (exact) mass is 528 g/mol. The van der Waals surface area contributed by atoms with Crippen molar-refractivity contribution in [2.45, 2.75) is 23.9 Å². The molecule has 3 heterocycles. The molecule has 0 saturated carbocycles. The van der Waals surface area contributed by atoms with Crippen LogP contribution in [0.1, 0.15) is 6.92 Å². The van der Waals surface area contributed by atoms with E-state index in [1.165, 1.54) is 35.0 Å². The van der Waals surface area contributed by atoms with Crippen LogP contribution in [0.3, 0.4) is 0 Å². The summed E-state index contributed by atoms with van der Waals surface area (Å²) in [6, 6.07) is 3.83. The summed E-state index contributed by atoms with van der Waals surface area (Å²) >= 11 is 3.15. The van der Waals surface area contributed by atoms with Gasteiger partial charge in [-0.05, 0) is 34.1 Å². The highest BCUT2D eigenvalue weighted by Crippen LogP contribution is 2.36. The van der Waals surface area contributed by atoms with Gasteiger partial charge < -0.3 is 4.74 Å². The Morgan fingerprint density at radius 1 is 1.19 bits per heavy atom. The zero-order chi connectivity index (χ0) is 23.0. The predicted octanol–water partition coefficient (Wildman–Crippen LogP) is 4.03. The summed E-state index contributed by atoms with van der Waals surface area (Å²) in [4.78, 5) is 7.99. The number of nitrogens with zero attached hydrogens (tertiary/aromatic N) is 3. The number of sulfonamides is 1. The SMILES string of the molecule is CCNS(=O)(=O)c1cc(Br)cnc1-c1ncc2c(OCC(F)(F)C(F)(F)F)cccn12. The van der Waals surface area contributed by atoms with Crippen LogP contribution in [0.25, 0.3) is 17.0 Å². The summed E-state index contributed by atoms with van der Waals surface area (Å²) in [5, 5.41) is 0. The van der Waals surface area contributed by atoms with Gasteiger partial charge in [0.05, 0.1) is 6.20 Å². The Morgan fingerprint density at radius 3 is 2.55 bits per heavy atom. The first-order valence-electron chi connectivity index (χ1n) is 8.56. The highest BCUT2D eigenvalue weighted by atomic mass is 79.9. The van der Waals surface area contributed by atoms with Crippen LogP contribution in [-0.2, 0) is 10.0 Å². The number of hydrogen-bond donors (Lipinski definition) is 1. The van der Waals surface area contributed by atoms with Gasteiger partial charge in [-0.2, -0.15) is 22.0 Å². The summed E-state index contributed by atoms with van der Waals surface area (Å²) in [7, 11) is -3.97. The molecule has 0 saturated heterocycles. The summed E-state index contributed by atoms with van der Waals surface area (Å²) in [5.74, 6) is -5.33. The van der Waals surface area contributed by atoms with Crippen LogP contribution in [0.15, 0.2) is 46.2 Å². The first-order chi connectivity index (χ1) is 14.4. The molecular weight excluding hydrogens is 515 g/mol. The smallest absolute Gasteiger partial charge is 0.456 e. The third-order valence-corrected chi connectivity index (χ3v) is 6.00. The van der Waals surface area contributed by atoms with E-state index in [-0.39, 0.29) is 34.2 Å². The van der Waals surface area contributed by atoms with Gasteiger partial charge in [-0.3, -0.25) is 9.38 Å². The van der Waals surface area contributed by atoms with Crippen molar-refractivity contribution in [3.05, 3.63) is 41.3 Å². The van der Waals surface area contributed by atoms with E-state index in [9.17, 15) is 30.4 Å². The highest BCUT2D eigenvalue weighted by Gasteiger charge is 2.58. The Labute approximate surface area is 181 Å². The Balaban J connectivity index is 2.07. The van der Waals surface area contributed by atoms with Gasteiger partial charge in [-0.25, -0.2) is 18.1 Å². The van der Waals surface area contributed by atoms with E-state index in [0.717, 1.165) is 6.20 Å². The fourth-order valence-electron chi connectivity index (χ4n) is 2.60. The number of hydrogen-bond acceptors (Lipinski definition) is 5. The minimum absolute atomic E-state index is 0.0204. The number of nitrogens with one attached hydrogen (secondary N) is 1. The number of rotatable bonds is 7. The van der Waals surface area contributed by atoms with Crippen molar-refractivity contribution < 1.29 is 35.1 Å². The zero-order valence-electron chi connectivity index (χ0n) is 15.6. The second-order valence-electron chi connectivity index (χ2n) is 6.20. The molecule has 3 rings (SSSR count). The van der Waals surface area contributed by atoms with Crippen molar-refractivity contribution in [2.75, 3.05) is 13.2 Å². The lowest BCUT2D eigenvalue weighted by atomic mass is 10.3. The molecule has 0 spiro atoms. The van der Waals surface area contributed by atoms with Crippen LogP contribution in [0.5, 0.6) is 5.75 Å². The molecule has 0 aliphatic heterocycles. The fraction of sp³-hybridized carbons (Fsp3) is 0.294. The van der Waals surface area contributed by atoms with Crippen molar-refractivity contribution in [1.29, 1.82) is 0 Å². The first kappa shape index (κ1) is 23.3. The molecule has 0 unspecified atom stereocenters. The molecule has 14 heteroatoms. The van der Waals surface area contributed by atoms with Gasteiger partial charge in [0.2, 0.25) is 10.0 Å². The number of halogens is 6. The second-order valence-corrected chi connectivity index (χ2v) is 8.85. The lowest BCUT2D eigenvalue weighted by Gasteiger charge is -2.20. The average Bonchev–Trinajstić information content (AvgIpc) is 3.10. The average molecular weight is 529 g/mol. The maximum absolute atomic E-state index is 13.2. The largest absolute Gasteiger partial charge is 0.485 e. The minimum atomic E-state index is -5.76. The van der Waals surface area contributed by atoms with E-state index in [0.29, 0.717) is 4.47 Å². The molecule has 1 N–H and O–H groups in total. The second kappa shape index (κ2) is 8.31. The molecule has 0 radical (unpaired) electrons. The van der Waals surface area contributed by atoms with Crippen LogP contribution >= 0.6 is 15.9 Å². The number of pyridine rings is 2. The molecule has 3 aromatic rings. The van der Waals surface area contributed by atoms with Crippen LogP contribution in [0.2, 0.25) is 0 Å². The topological polar surface area (TPSA) is 85.6 Å². The van der Waals surface area contributed by atoms with E-state index in [2.05, 4.69) is 30.6 Å². The number of ether oxygens (including phenoxy) is 1. The minimum Gasteiger partial charge on any atom is -0.485 e. The standard InChI is InChI=1S/C17H14BrF5N4O3S/c1-2-26-31(28,29)13-6-10(18)7-24-14(13)15-25-8-11-12(4-3-5-27(11)15)30-9-16(19,20)17(21,22)23/h3-8,26H,2,9H2,1H3. The molecular formula is C17H14BrF5N4O3S. The molecule has 0 aliphatic carbocycles. The number of alkyl halides is 5. The number of fused-ring (bicyclic) bond motifs is 1. The Morgan fingerprint density at radius 2 is 1.90 bits per heavy atom. The highest BCUT2D eigenvalue weighted by molar-refractivity contribution is 9.10. The maximum atomic E-state index is 13.2.